The molecule has 0 aliphatic carbocycles. The molecule has 18 heavy (non-hydrogen) atoms. The molecule has 0 saturated heterocycles. The van der Waals surface area contributed by atoms with Crippen LogP contribution in [0.25, 0.3) is 0 Å². The maximum Gasteiger partial charge on any atom is 0.251 e. The fraction of sp³-hybridized carbons (Fsp3) is 0.533. The van der Waals surface area contributed by atoms with E-state index in [-0.39, 0.29) is 5.91 Å². The van der Waals surface area contributed by atoms with Crippen LogP contribution < -0.4 is 11.1 Å². The SMILES string of the molecule is CCCCCCCCNC(=O)c1cccc(N)c1. The molecule has 0 fully saturated rings. The van der Waals surface area contributed by atoms with Gasteiger partial charge in [-0.05, 0) is 24.6 Å². The molecule has 1 aromatic carbocycles. The van der Waals surface area contributed by atoms with Crippen LogP contribution in [-0.4, -0.2) is 12.5 Å². The van der Waals surface area contributed by atoms with E-state index < -0.39 is 0 Å². The molecule has 0 unspecified atom stereocenters. The fourth-order valence-electron chi connectivity index (χ4n) is 1.89. The zero-order valence-electron chi connectivity index (χ0n) is 11.2. The van der Waals surface area contributed by atoms with Crippen LogP contribution >= 0.6 is 0 Å². The largest absolute Gasteiger partial charge is 0.399 e. The first-order valence-corrected chi connectivity index (χ1v) is 6.87. The first kappa shape index (κ1) is 14.6. The third kappa shape index (κ3) is 5.71. The number of rotatable bonds is 8. The minimum absolute atomic E-state index is 0.0316. The van der Waals surface area contributed by atoms with E-state index in [0.717, 1.165) is 13.0 Å². The van der Waals surface area contributed by atoms with Gasteiger partial charge in [0, 0.05) is 17.8 Å². The molecule has 0 atom stereocenters. The highest BCUT2D eigenvalue weighted by atomic mass is 16.1. The quantitative estimate of drug-likeness (QED) is 0.547. The van der Waals surface area contributed by atoms with Gasteiger partial charge in [0.15, 0.2) is 0 Å². The van der Waals surface area contributed by atoms with Gasteiger partial charge in [0.25, 0.3) is 5.91 Å². The van der Waals surface area contributed by atoms with Gasteiger partial charge in [0.05, 0.1) is 0 Å². The third-order valence-corrected chi connectivity index (χ3v) is 2.96. The van der Waals surface area contributed by atoms with Crippen molar-refractivity contribution in [2.45, 2.75) is 45.4 Å². The summed E-state index contributed by atoms with van der Waals surface area (Å²) in [4.78, 5) is 11.8. The van der Waals surface area contributed by atoms with Crippen molar-refractivity contribution in [2.24, 2.45) is 0 Å². The molecule has 0 aliphatic heterocycles. The Morgan fingerprint density at radius 3 is 2.61 bits per heavy atom. The van der Waals surface area contributed by atoms with E-state index in [9.17, 15) is 4.79 Å². The number of nitrogens with one attached hydrogen (secondary N) is 1. The lowest BCUT2D eigenvalue weighted by atomic mass is 10.1. The van der Waals surface area contributed by atoms with Crippen LogP contribution in [0.1, 0.15) is 55.8 Å². The first-order chi connectivity index (χ1) is 8.74. The van der Waals surface area contributed by atoms with Gasteiger partial charge < -0.3 is 11.1 Å². The van der Waals surface area contributed by atoms with Gasteiger partial charge in [0.1, 0.15) is 0 Å². The zero-order chi connectivity index (χ0) is 13.2. The Morgan fingerprint density at radius 1 is 1.17 bits per heavy atom. The van der Waals surface area contributed by atoms with E-state index in [0.29, 0.717) is 11.3 Å². The Labute approximate surface area is 110 Å². The predicted octanol–water partition coefficient (Wildman–Crippen LogP) is 3.36. The molecule has 100 valence electrons. The lowest BCUT2D eigenvalue weighted by Crippen LogP contribution is -2.24. The average molecular weight is 248 g/mol. The normalized spacial score (nSPS) is 10.3. The maximum atomic E-state index is 11.8. The lowest BCUT2D eigenvalue weighted by molar-refractivity contribution is 0.0953. The topological polar surface area (TPSA) is 55.1 Å². The highest BCUT2D eigenvalue weighted by molar-refractivity contribution is 5.94. The van der Waals surface area contributed by atoms with Gasteiger partial charge in [-0.25, -0.2) is 0 Å². The number of hydrogen-bond acceptors (Lipinski definition) is 2. The van der Waals surface area contributed by atoms with Gasteiger partial charge in [0.2, 0.25) is 0 Å². The van der Waals surface area contributed by atoms with Crippen LogP contribution in [0.3, 0.4) is 0 Å². The number of hydrogen-bond donors (Lipinski definition) is 2. The summed E-state index contributed by atoms with van der Waals surface area (Å²) in [6, 6.07) is 7.07. The molecule has 0 spiro atoms. The smallest absolute Gasteiger partial charge is 0.251 e. The molecular formula is C15H24N2O. The number of nitrogens with two attached hydrogens (primary N) is 1. The highest BCUT2D eigenvalue weighted by Gasteiger charge is 2.03. The zero-order valence-corrected chi connectivity index (χ0v) is 11.2. The van der Waals surface area contributed by atoms with Crippen molar-refractivity contribution in [1.29, 1.82) is 0 Å². The summed E-state index contributed by atoms with van der Waals surface area (Å²) in [5.74, 6) is -0.0316. The second-order valence-corrected chi connectivity index (χ2v) is 4.65. The molecular weight excluding hydrogens is 224 g/mol. The van der Waals surface area contributed by atoms with Crippen LogP contribution in [0.4, 0.5) is 5.69 Å². The van der Waals surface area contributed by atoms with Crippen molar-refractivity contribution >= 4 is 11.6 Å². The number of amides is 1. The number of unbranched alkanes of at least 4 members (excludes halogenated alkanes) is 5. The summed E-state index contributed by atoms with van der Waals surface area (Å²) < 4.78 is 0. The predicted molar refractivity (Wildman–Crippen MR) is 76.6 cm³/mol. The van der Waals surface area contributed by atoms with Gasteiger partial charge in [-0.2, -0.15) is 0 Å². The number of carbonyl (C=O) groups is 1. The second kappa shape index (κ2) is 8.56. The first-order valence-electron chi connectivity index (χ1n) is 6.87. The number of benzene rings is 1. The molecule has 1 aromatic rings. The second-order valence-electron chi connectivity index (χ2n) is 4.65. The Balaban J connectivity index is 2.14. The Morgan fingerprint density at radius 2 is 1.89 bits per heavy atom. The summed E-state index contributed by atoms with van der Waals surface area (Å²) in [5, 5.41) is 2.92. The van der Waals surface area contributed by atoms with Crippen LogP contribution in [0.5, 0.6) is 0 Å². The van der Waals surface area contributed by atoms with E-state index in [1.165, 1.54) is 32.1 Å². The third-order valence-electron chi connectivity index (χ3n) is 2.96. The summed E-state index contributed by atoms with van der Waals surface area (Å²) in [5.41, 5.74) is 6.91. The average Bonchev–Trinajstić information content (AvgIpc) is 2.37. The molecule has 0 bridgehead atoms. The number of nitrogen functional groups attached to an aromatic ring is 1. The van der Waals surface area contributed by atoms with Gasteiger partial charge in [-0.15, -0.1) is 0 Å². The Hall–Kier alpha value is -1.51. The number of anilines is 1. The van der Waals surface area contributed by atoms with E-state index in [1.54, 1.807) is 24.3 Å². The molecule has 0 aromatic heterocycles. The number of carbonyl (C=O) groups excluding carboxylic acids is 1. The van der Waals surface area contributed by atoms with Crippen LogP contribution in [0.2, 0.25) is 0 Å². The van der Waals surface area contributed by atoms with Crippen molar-refractivity contribution in [1.82, 2.24) is 5.32 Å². The van der Waals surface area contributed by atoms with Gasteiger partial charge >= 0.3 is 0 Å². The molecule has 0 heterocycles. The minimum Gasteiger partial charge on any atom is -0.399 e. The molecule has 3 heteroatoms. The van der Waals surface area contributed by atoms with E-state index >= 15 is 0 Å². The summed E-state index contributed by atoms with van der Waals surface area (Å²) in [6.07, 6.45) is 7.40. The molecule has 0 saturated carbocycles. The maximum absolute atomic E-state index is 11.8. The van der Waals surface area contributed by atoms with Crippen molar-refractivity contribution < 1.29 is 4.79 Å². The highest BCUT2D eigenvalue weighted by Crippen LogP contribution is 2.07. The summed E-state index contributed by atoms with van der Waals surface area (Å²) in [7, 11) is 0. The van der Waals surface area contributed by atoms with Gasteiger partial charge in [-0.1, -0.05) is 45.1 Å². The summed E-state index contributed by atoms with van der Waals surface area (Å²) >= 11 is 0. The van der Waals surface area contributed by atoms with Crippen LogP contribution in [0.15, 0.2) is 24.3 Å². The van der Waals surface area contributed by atoms with Crippen molar-refractivity contribution in [3.05, 3.63) is 29.8 Å². The van der Waals surface area contributed by atoms with Crippen molar-refractivity contribution in [3.8, 4) is 0 Å². The van der Waals surface area contributed by atoms with Crippen LogP contribution in [-0.2, 0) is 0 Å². The molecule has 1 amide bonds. The molecule has 0 radical (unpaired) electrons. The minimum atomic E-state index is -0.0316. The van der Waals surface area contributed by atoms with Gasteiger partial charge in [-0.3, -0.25) is 4.79 Å². The standard InChI is InChI=1S/C15H24N2O/c1-2-3-4-5-6-7-11-17-15(18)13-9-8-10-14(16)12-13/h8-10,12H,2-7,11,16H2,1H3,(H,17,18). The fourth-order valence-corrected chi connectivity index (χ4v) is 1.89. The van der Waals surface area contributed by atoms with E-state index in [2.05, 4.69) is 12.2 Å². The summed E-state index contributed by atoms with van der Waals surface area (Å²) in [6.45, 7) is 2.96. The van der Waals surface area contributed by atoms with Crippen molar-refractivity contribution in [2.75, 3.05) is 12.3 Å². The lowest BCUT2D eigenvalue weighted by Gasteiger charge is -2.05. The molecule has 1 rings (SSSR count). The molecule has 0 aliphatic rings. The molecule has 3 nitrogen and oxygen atoms in total. The van der Waals surface area contributed by atoms with Crippen LogP contribution in [0, 0.1) is 0 Å². The van der Waals surface area contributed by atoms with Crippen molar-refractivity contribution in [3.63, 3.8) is 0 Å². The molecule has 3 N–H and O–H groups in total. The monoisotopic (exact) mass is 248 g/mol. The Bertz CT molecular complexity index is 363. The van der Waals surface area contributed by atoms with E-state index in [4.69, 9.17) is 5.73 Å². The van der Waals surface area contributed by atoms with E-state index in [1.807, 2.05) is 0 Å². The Kier molecular flexibility index (Phi) is 6.92.